The van der Waals surface area contributed by atoms with Crippen LogP contribution >= 0.6 is 11.8 Å². The van der Waals surface area contributed by atoms with Crippen molar-refractivity contribution in [3.05, 3.63) is 89.7 Å². The van der Waals surface area contributed by atoms with E-state index in [1.54, 1.807) is 43.3 Å². The summed E-state index contributed by atoms with van der Waals surface area (Å²) in [7, 11) is -3.72. The van der Waals surface area contributed by atoms with E-state index in [0.29, 0.717) is 33.2 Å². The second kappa shape index (κ2) is 7.60. The van der Waals surface area contributed by atoms with E-state index in [9.17, 15) is 12.8 Å². The van der Waals surface area contributed by atoms with Gasteiger partial charge in [0.2, 0.25) is 0 Å². The van der Waals surface area contributed by atoms with E-state index in [1.807, 2.05) is 30.3 Å². The van der Waals surface area contributed by atoms with Crippen LogP contribution in [0.1, 0.15) is 11.1 Å². The fraction of sp³-hybridized carbons (Fsp3) is 0.182. The van der Waals surface area contributed by atoms with Gasteiger partial charge in [0, 0.05) is 10.6 Å². The molecule has 0 radical (unpaired) electrons. The van der Waals surface area contributed by atoms with Crippen molar-refractivity contribution in [3.63, 3.8) is 0 Å². The number of benzene rings is 3. The van der Waals surface area contributed by atoms with E-state index in [-0.39, 0.29) is 11.9 Å². The van der Waals surface area contributed by atoms with Crippen molar-refractivity contribution in [1.82, 2.24) is 0 Å². The van der Waals surface area contributed by atoms with Gasteiger partial charge >= 0.3 is 0 Å². The molecule has 0 spiro atoms. The van der Waals surface area contributed by atoms with Crippen LogP contribution in [0.15, 0.2) is 82.6 Å². The molecule has 0 fully saturated rings. The first-order valence-electron chi connectivity index (χ1n) is 9.04. The van der Waals surface area contributed by atoms with Gasteiger partial charge in [0.15, 0.2) is 0 Å². The molecule has 3 nitrogen and oxygen atoms in total. The van der Waals surface area contributed by atoms with Crippen LogP contribution < -0.4 is 4.31 Å². The Hall–Kier alpha value is -2.31. The number of hydrogen-bond donors (Lipinski definition) is 0. The van der Waals surface area contributed by atoms with E-state index in [0.717, 1.165) is 5.56 Å². The topological polar surface area (TPSA) is 37.4 Å². The highest BCUT2D eigenvalue weighted by atomic mass is 32.2. The number of thioether (sulfide) groups is 1. The number of halogens is 1. The molecule has 1 aliphatic rings. The molecule has 0 aromatic heterocycles. The van der Waals surface area contributed by atoms with Crippen LogP contribution in [-0.2, 0) is 16.4 Å². The van der Waals surface area contributed by atoms with Crippen molar-refractivity contribution in [2.75, 3.05) is 10.1 Å². The molecule has 3 aromatic rings. The number of anilines is 1. The zero-order valence-corrected chi connectivity index (χ0v) is 17.0. The fourth-order valence-corrected chi connectivity index (χ4v) is 6.61. The van der Waals surface area contributed by atoms with Gasteiger partial charge in [-0.25, -0.2) is 12.8 Å². The predicted molar refractivity (Wildman–Crippen MR) is 112 cm³/mol. The average molecular weight is 414 g/mol. The van der Waals surface area contributed by atoms with E-state index >= 15 is 0 Å². The van der Waals surface area contributed by atoms with Gasteiger partial charge < -0.3 is 0 Å². The zero-order chi connectivity index (χ0) is 19.7. The third-order valence-corrected chi connectivity index (χ3v) is 8.13. The lowest BCUT2D eigenvalue weighted by atomic mass is 10.1. The number of para-hydroxylation sites is 1. The molecule has 3 aromatic carbocycles. The van der Waals surface area contributed by atoms with Crippen LogP contribution in [0.4, 0.5) is 10.1 Å². The number of nitrogens with zero attached hydrogens (tertiary/aromatic N) is 1. The molecule has 0 aliphatic carbocycles. The molecule has 1 atom stereocenters. The third kappa shape index (κ3) is 3.42. The van der Waals surface area contributed by atoms with Gasteiger partial charge in [-0.2, -0.15) is 0 Å². The minimum Gasteiger partial charge on any atom is -0.262 e. The first-order chi connectivity index (χ1) is 13.5. The van der Waals surface area contributed by atoms with Crippen molar-refractivity contribution in [2.45, 2.75) is 29.2 Å². The molecule has 0 saturated heterocycles. The van der Waals surface area contributed by atoms with Crippen molar-refractivity contribution in [1.29, 1.82) is 0 Å². The van der Waals surface area contributed by atoms with Crippen LogP contribution in [0.2, 0.25) is 0 Å². The summed E-state index contributed by atoms with van der Waals surface area (Å²) in [6.45, 7) is 1.80. The molecule has 0 bridgehead atoms. The van der Waals surface area contributed by atoms with E-state index < -0.39 is 10.0 Å². The Bertz CT molecular complexity index is 1110. The maximum absolute atomic E-state index is 14.0. The molecule has 144 valence electrons. The van der Waals surface area contributed by atoms with Gasteiger partial charge in [-0.15, -0.1) is 11.8 Å². The highest BCUT2D eigenvalue weighted by molar-refractivity contribution is 7.99. The minimum absolute atomic E-state index is 0.272. The molecule has 28 heavy (non-hydrogen) atoms. The largest absolute Gasteiger partial charge is 0.264 e. The molecular weight excluding hydrogens is 393 g/mol. The fourth-order valence-electron chi connectivity index (χ4n) is 3.58. The van der Waals surface area contributed by atoms with Gasteiger partial charge in [-0.3, -0.25) is 4.31 Å². The molecule has 4 rings (SSSR count). The Kier molecular flexibility index (Phi) is 5.17. The van der Waals surface area contributed by atoms with E-state index in [4.69, 9.17) is 0 Å². The Morgan fingerprint density at radius 3 is 2.46 bits per heavy atom. The Morgan fingerprint density at radius 2 is 1.68 bits per heavy atom. The molecule has 1 aliphatic heterocycles. The molecule has 6 heteroatoms. The summed E-state index contributed by atoms with van der Waals surface area (Å²) in [5, 5.41) is 0. The van der Waals surface area contributed by atoms with Crippen LogP contribution in [-0.4, -0.2) is 20.2 Å². The van der Waals surface area contributed by atoms with Crippen molar-refractivity contribution in [3.8, 4) is 0 Å². The minimum atomic E-state index is -3.72. The standard InChI is InChI=1S/C22H20FNO2S2/c1-16-8-2-7-13-22(16)28(25,26)24-18(14-17-9-3-5-11-20(17)24)15-27-21-12-6-4-10-19(21)23/h2-13,18H,14-15H2,1H3. The normalized spacial score (nSPS) is 16.2. The lowest BCUT2D eigenvalue weighted by molar-refractivity contribution is 0.584. The van der Waals surface area contributed by atoms with Crippen molar-refractivity contribution >= 4 is 27.5 Å². The molecule has 0 amide bonds. The lowest BCUT2D eigenvalue weighted by Crippen LogP contribution is -2.39. The van der Waals surface area contributed by atoms with Gasteiger partial charge in [0.25, 0.3) is 10.0 Å². The first kappa shape index (κ1) is 19.0. The lowest BCUT2D eigenvalue weighted by Gasteiger charge is -2.27. The SMILES string of the molecule is Cc1ccccc1S(=O)(=O)N1c2ccccc2CC1CSc1ccccc1F. The summed E-state index contributed by atoms with van der Waals surface area (Å²) in [4.78, 5) is 0.847. The summed E-state index contributed by atoms with van der Waals surface area (Å²) in [5.74, 6) is 0.192. The van der Waals surface area contributed by atoms with Crippen molar-refractivity contribution in [2.24, 2.45) is 0 Å². The van der Waals surface area contributed by atoms with E-state index in [2.05, 4.69) is 0 Å². The molecule has 1 heterocycles. The van der Waals surface area contributed by atoms with Gasteiger partial charge in [0.1, 0.15) is 5.82 Å². The Labute approximate surface area is 169 Å². The second-order valence-electron chi connectivity index (χ2n) is 6.79. The summed E-state index contributed by atoms with van der Waals surface area (Å²) in [6, 6.07) is 20.9. The predicted octanol–water partition coefficient (Wildman–Crippen LogP) is 5.05. The van der Waals surface area contributed by atoms with E-state index in [1.165, 1.54) is 22.1 Å². The second-order valence-corrected chi connectivity index (χ2v) is 9.64. The summed E-state index contributed by atoms with van der Waals surface area (Å²) < 4.78 is 42.6. The van der Waals surface area contributed by atoms with Gasteiger partial charge in [-0.05, 0) is 48.7 Å². The number of aryl methyl sites for hydroxylation is 1. The first-order valence-corrected chi connectivity index (χ1v) is 11.5. The number of rotatable bonds is 5. The molecule has 1 unspecified atom stereocenters. The monoisotopic (exact) mass is 413 g/mol. The highest BCUT2D eigenvalue weighted by Crippen LogP contribution is 2.39. The maximum Gasteiger partial charge on any atom is 0.264 e. The zero-order valence-electron chi connectivity index (χ0n) is 15.4. The third-order valence-electron chi connectivity index (χ3n) is 4.91. The summed E-state index contributed by atoms with van der Waals surface area (Å²) in [6.07, 6.45) is 0.614. The molecule has 0 saturated carbocycles. The summed E-state index contributed by atoms with van der Waals surface area (Å²) in [5.41, 5.74) is 2.43. The molecule has 0 N–H and O–H groups in total. The highest BCUT2D eigenvalue weighted by Gasteiger charge is 2.38. The van der Waals surface area contributed by atoms with Crippen LogP contribution in [0.3, 0.4) is 0 Å². The molecular formula is C22H20FNO2S2. The van der Waals surface area contributed by atoms with Gasteiger partial charge in [0.05, 0.1) is 16.6 Å². The number of fused-ring (bicyclic) bond motifs is 1. The Morgan fingerprint density at radius 1 is 1.00 bits per heavy atom. The average Bonchev–Trinajstić information content (AvgIpc) is 3.07. The smallest absolute Gasteiger partial charge is 0.262 e. The van der Waals surface area contributed by atoms with Crippen molar-refractivity contribution < 1.29 is 12.8 Å². The summed E-state index contributed by atoms with van der Waals surface area (Å²) >= 11 is 1.35. The maximum atomic E-state index is 14.0. The van der Waals surface area contributed by atoms with Crippen LogP contribution in [0.25, 0.3) is 0 Å². The Balaban J connectivity index is 1.71. The van der Waals surface area contributed by atoms with Crippen LogP contribution in [0.5, 0.6) is 0 Å². The number of hydrogen-bond acceptors (Lipinski definition) is 3. The van der Waals surface area contributed by atoms with Crippen LogP contribution in [0, 0.1) is 12.7 Å². The van der Waals surface area contributed by atoms with Gasteiger partial charge in [-0.1, -0.05) is 48.5 Å². The quantitative estimate of drug-likeness (QED) is 0.550. The number of sulfonamides is 1.